The third kappa shape index (κ3) is 1.78. The number of hydrogen-bond donors (Lipinski definition) is 0. The molecule has 4 aliphatic rings. The number of hydrogen-bond acceptors (Lipinski definition) is 3. The molecule has 7 unspecified atom stereocenters. The number of ether oxygens (including phenoxy) is 1. The molecule has 4 heteroatoms. The SMILES string of the molecule is COC(=O)C1C2CC(C3=C2C2C=CC3C2)C1S(=O)c1ccccc1. The highest BCUT2D eigenvalue weighted by atomic mass is 32.2. The van der Waals surface area contributed by atoms with Gasteiger partial charge < -0.3 is 4.74 Å². The van der Waals surface area contributed by atoms with Gasteiger partial charge in [0.05, 0.1) is 29.1 Å². The molecule has 0 heterocycles. The van der Waals surface area contributed by atoms with Crippen molar-refractivity contribution in [2.24, 2.45) is 29.6 Å². The topological polar surface area (TPSA) is 43.4 Å². The van der Waals surface area contributed by atoms with E-state index in [2.05, 4.69) is 12.2 Å². The van der Waals surface area contributed by atoms with Crippen molar-refractivity contribution in [2.75, 3.05) is 7.11 Å². The Kier molecular flexibility index (Phi) is 3.15. The van der Waals surface area contributed by atoms with Gasteiger partial charge in [0.1, 0.15) is 0 Å². The van der Waals surface area contributed by atoms with Crippen molar-refractivity contribution in [1.82, 2.24) is 0 Å². The van der Waals surface area contributed by atoms with Gasteiger partial charge >= 0.3 is 5.97 Å². The van der Waals surface area contributed by atoms with Gasteiger partial charge in [-0.25, -0.2) is 0 Å². The first kappa shape index (κ1) is 14.6. The summed E-state index contributed by atoms with van der Waals surface area (Å²) in [5, 5.41) is -0.142. The largest absolute Gasteiger partial charge is 0.469 e. The average molecular weight is 340 g/mol. The van der Waals surface area contributed by atoms with Crippen molar-refractivity contribution < 1.29 is 13.7 Å². The minimum atomic E-state index is -1.18. The van der Waals surface area contributed by atoms with Crippen molar-refractivity contribution in [3.8, 4) is 0 Å². The lowest BCUT2D eigenvalue weighted by atomic mass is 9.79. The van der Waals surface area contributed by atoms with Crippen LogP contribution in [-0.4, -0.2) is 22.5 Å². The van der Waals surface area contributed by atoms with Gasteiger partial charge in [-0.2, -0.15) is 0 Å². The van der Waals surface area contributed by atoms with Crippen molar-refractivity contribution in [2.45, 2.75) is 23.0 Å². The van der Waals surface area contributed by atoms with E-state index in [9.17, 15) is 9.00 Å². The van der Waals surface area contributed by atoms with Crippen LogP contribution >= 0.6 is 0 Å². The van der Waals surface area contributed by atoms with Crippen molar-refractivity contribution in [3.05, 3.63) is 53.6 Å². The van der Waals surface area contributed by atoms with Gasteiger partial charge in [-0.15, -0.1) is 0 Å². The number of fused-ring (bicyclic) bond motifs is 8. The summed E-state index contributed by atoms with van der Waals surface area (Å²) in [6.07, 6.45) is 6.76. The molecule has 0 saturated heterocycles. The molecule has 1 fully saturated rings. The Morgan fingerprint density at radius 2 is 1.71 bits per heavy atom. The quantitative estimate of drug-likeness (QED) is 0.482. The number of carbonyl (C=O) groups is 1. The van der Waals surface area contributed by atoms with E-state index in [1.165, 1.54) is 18.3 Å². The summed E-state index contributed by atoms with van der Waals surface area (Å²) in [5.41, 5.74) is 3.01. The zero-order chi connectivity index (χ0) is 16.4. The molecule has 1 aromatic carbocycles. The zero-order valence-corrected chi connectivity index (χ0v) is 14.4. The van der Waals surface area contributed by atoms with Crippen LogP contribution in [0.5, 0.6) is 0 Å². The molecule has 0 spiro atoms. The van der Waals surface area contributed by atoms with Crippen LogP contribution in [0.2, 0.25) is 0 Å². The van der Waals surface area contributed by atoms with Crippen LogP contribution in [-0.2, 0) is 20.3 Å². The molecule has 0 aliphatic heterocycles. The van der Waals surface area contributed by atoms with Crippen LogP contribution in [0.3, 0.4) is 0 Å². The summed E-state index contributed by atoms with van der Waals surface area (Å²) < 4.78 is 18.4. The maximum Gasteiger partial charge on any atom is 0.310 e. The molecule has 0 amide bonds. The molecule has 4 bridgehead atoms. The molecule has 124 valence electrons. The molecule has 4 aliphatic carbocycles. The van der Waals surface area contributed by atoms with Crippen LogP contribution in [0, 0.1) is 29.6 Å². The first-order chi connectivity index (χ1) is 11.7. The van der Waals surface area contributed by atoms with Crippen LogP contribution < -0.4 is 0 Å². The number of benzene rings is 1. The van der Waals surface area contributed by atoms with Gasteiger partial charge in [-0.1, -0.05) is 41.5 Å². The Labute approximate surface area is 144 Å². The third-order valence-electron chi connectivity index (χ3n) is 6.40. The second-order valence-electron chi connectivity index (χ2n) is 7.32. The summed E-state index contributed by atoms with van der Waals surface area (Å²) in [6, 6.07) is 9.58. The van der Waals surface area contributed by atoms with Gasteiger partial charge in [0.2, 0.25) is 0 Å². The van der Waals surface area contributed by atoms with Crippen molar-refractivity contribution >= 4 is 16.8 Å². The molecule has 0 N–H and O–H groups in total. The lowest BCUT2D eigenvalue weighted by molar-refractivity contribution is -0.146. The van der Waals surface area contributed by atoms with E-state index in [4.69, 9.17) is 4.74 Å². The molecule has 0 radical (unpaired) electrons. The number of esters is 1. The molecule has 3 nitrogen and oxygen atoms in total. The number of rotatable bonds is 3. The minimum absolute atomic E-state index is 0.142. The summed E-state index contributed by atoms with van der Waals surface area (Å²) in [5.74, 6) is 1.10. The fourth-order valence-electron chi connectivity index (χ4n) is 5.65. The zero-order valence-electron chi connectivity index (χ0n) is 13.6. The standard InChI is InChI=1S/C20H20O3S/c1-23-20(21)18-14-10-15(17-12-8-7-11(9-12)16(14)17)19(18)24(22)13-5-3-2-4-6-13/h2-8,11-12,14-15,18-19H,9-10H2,1H3. The lowest BCUT2D eigenvalue weighted by Gasteiger charge is -2.33. The Balaban J connectivity index is 1.58. The highest BCUT2D eigenvalue weighted by Crippen LogP contribution is 2.64. The highest BCUT2D eigenvalue weighted by Gasteiger charge is 2.61. The van der Waals surface area contributed by atoms with Gasteiger partial charge in [0.15, 0.2) is 0 Å². The van der Waals surface area contributed by atoms with Crippen LogP contribution in [0.4, 0.5) is 0 Å². The van der Waals surface area contributed by atoms with E-state index in [-0.39, 0.29) is 29.0 Å². The van der Waals surface area contributed by atoms with Crippen molar-refractivity contribution in [1.29, 1.82) is 0 Å². The third-order valence-corrected chi connectivity index (χ3v) is 8.26. The first-order valence-corrected chi connectivity index (χ1v) is 9.87. The van der Waals surface area contributed by atoms with E-state index in [0.29, 0.717) is 11.8 Å². The molecule has 0 aromatic heterocycles. The molecule has 1 aromatic rings. The lowest BCUT2D eigenvalue weighted by Crippen LogP contribution is -2.39. The Bertz CT molecular complexity index is 794. The predicted octanol–water partition coefficient (Wildman–Crippen LogP) is 3.10. The van der Waals surface area contributed by atoms with Crippen LogP contribution in [0.25, 0.3) is 0 Å². The maximum absolute atomic E-state index is 13.3. The Morgan fingerprint density at radius 3 is 2.38 bits per heavy atom. The fourth-order valence-corrected chi connectivity index (χ4v) is 7.52. The summed E-state index contributed by atoms with van der Waals surface area (Å²) >= 11 is 0. The van der Waals surface area contributed by atoms with Gasteiger partial charge in [-0.3, -0.25) is 9.00 Å². The number of methoxy groups -OCH3 is 1. The van der Waals surface area contributed by atoms with E-state index < -0.39 is 10.8 Å². The Morgan fingerprint density at radius 1 is 1.04 bits per heavy atom. The second kappa shape index (κ2) is 5.16. The van der Waals surface area contributed by atoms with Crippen molar-refractivity contribution in [3.63, 3.8) is 0 Å². The smallest absolute Gasteiger partial charge is 0.310 e. The highest BCUT2D eigenvalue weighted by molar-refractivity contribution is 7.85. The predicted molar refractivity (Wildman–Crippen MR) is 91.5 cm³/mol. The monoisotopic (exact) mass is 340 g/mol. The van der Waals surface area contributed by atoms with Gasteiger partial charge in [0.25, 0.3) is 0 Å². The summed E-state index contributed by atoms with van der Waals surface area (Å²) in [6.45, 7) is 0. The Hall–Kier alpha value is -1.68. The number of allylic oxidation sites excluding steroid dienone is 4. The van der Waals surface area contributed by atoms with E-state index >= 15 is 0 Å². The van der Waals surface area contributed by atoms with Crippen LogP contribution in [0.1, 0.15) is 12.8 Å². The normalized spacial score (nSPS) is 39.4. The first-order valence-electron chi connectivity index (χ1n) is 8.66. The molecular weight excluding hydrogens is 320 g/mol. The van der Waals surface area contributed by atoms with Crippen LogP contribution in [0.15, 0.2) is 58.5 Å². The maximum atomic E-state index is 13.3. The second-order valence-corrected chi connectivity index (χ2v) is 8.93. The molecule has 24 heavy (non-hydrogen) atoms. The van der Waals surface area contributed by atoms with Gasteiger partial charge in [-0.05, 0) is 48.6 Å². The van der Waals surface area contributed by atoms with E-state index in [1.807, 2.05) is 30.3 Å². The molecule has 7 atom stereocenters. The summed E-state index contributed by atoms with van der Waals surface area (Å²) in [7, 11) is 0.270. The minimum Gasteiger partial charge on any atom is -0.469 e. The fraction of sp³-hybridized carbons (Fsp3) is 0.450. The summed E-state index contributed by atoms with van der Waals surface area (Å²) in [4.78, 5) is 13.4. The van der Waals surface area contributed by atoms with E-state index in [0.717, 1.165) is 17.7 Å². The van der Waals surface area contributed by atoms with E-state index in [1.54, 1.807) is 0 Å². The average Bonchev–Trinajstić information content (AvgIpc) is 3.38. The van der Waals surface area contributed by atoms with Gasteiger partial charge in [0, 0.05) is 4.90 Å². The molecular formula is C20H20O3S. The molecule has 1 saturated carbocycles. The molecule has 5 rings (SSSR count). The number of carbonyl (C=O) groups excluding carboxylic acids is 1.